The highest BCUT2D eigenvalue weighted by molar-refractivity contribution is 5.99. The van der Waals surface area contributed by atoms with Crippen molar-refractivity contribution in [2.75, 3.05) is 0 Å². The second-order valence-electron chi connectivity index (χ2n) is 5.02. The average molecular weight is 333 g/mol. The molecule has 0 unspecified atom stereocenters. The van der Waals surface area contributed by atoms with Crippen LogP contribution in [0.3, 0.4) is 0 Å². The van der Waals surface area contributed by atoms with Crippen molar-refractivity contribution in [3.8, 4) is 5.75 Å². The minimum Gasteiger partial charge on any atom is -0.481 e. The number of rotatable bonds is 5. The highest BCUT2D eigenvalue weighted by Crippen LogP contribution is 2.12. The number of hydrogen-bond donors (Lipinski definition) is 3. The molecule has 24 heavy (non-hydrogen) atoms. The van der Waals surface area contributed by atoms with Crippen LogP contribution in [0.4, 0.5) is 4.39 Å². The van der Waals surface area contributed by atoms with Crippen molar-refractivity contribution in [3.63, 3.8) is 0 Å². The molecule has 7 nitrogen and oxygen atoms in total. The number of halogens is 1. The van der Waals surface area contributed by atoms with E-state index in [4.69, 9.17) is 4.74 Å². The van der Waals surface area contributed by atoms with Crippen LogP contribution in [-0.2, 0) is 4.79 Å². The largest absolute Gasteiger partial charge is 0.481 e. The number of Topliss-reactive ketones (excluding diaryl/α,β-unsaturated/α-hetero) is 1. The Morgan fingerprint density at radius 3 is 2.42 bits per heavy atom. The van der Waals surface area contributed by atoms with Crippen LogP contribution in [-0.4, -0.2) is 28.7 Å². The van der Waals surface area contributed by atoms with Crippen molar-refractivity contribution in [2.45, 2.75) is 20.0 Å². The molecule has 2 amide bonds. The Morgan fingerprint density at radius 2 is 1.83 bits per heavy atom. The number of nitrogens with one attached hydrogen (secondary N) is 3. The van der Waals surface area contributed by atoms with Crippen LogP contribution in [0, 0.1) is 5.82 Å². The number of hydrazine groups is 1. The van der Waals surface area contributed by atoms with Gasteiger partial charge in [0.1, 0.15) is 17.3 Å². The molecule has 2 rings (SSSR count). The second-order valence-corrected chi connectivity index (χ2v) is 5.02. The summed E-state index contributed by atoms with van der Waals surface area (Å²) in [5.41, 5.74) is 4.91. The van der Waals surface area contributed by atoms with E-state index in [9.17, 15) is 18.8 Å². The summed E-state index contributed by atoms with van der Waals surface area (Å²) in [6.45, 7) is 2.86. The molecule has 3 N–H and O–H groups in total. The number of ketones is 1. The minimum atomic E-state index is -0.910. The van der Waals surface area contributed by atoms with Gasteiger partial charge in [-0.2, -0.15) is 0 Å². The smallest absolute Gasteiger partial charge is 0.286 e. The average Bonchev–Trinajstić information content (AvgIpc) is 3.04. The predicted molar refractivity (Wildman–Crippen MR) is 82.9 cm³/mol. The number of benzene rings is 1. The summed E-state index contributed by atoms with van der Waals surface area (Å²) in [6.07, 6.45) is 0.492. The maximum absolute atomic E-state index is 12.8. The quantitative estimate of drug-likeness (QED) is 0.571. The molecule has 2 aromatic rings. The highest BCUT2D eigenvalue weighted by Gasteiger charge is 2.17. The lowest BCUT2D eigenvalue weighted by Gasteiger charge is -2.14. The van der Waals surface area contributed by atoms with Crippen LogP contribution in [0.5, 0.6) is 5.75 Å². The number of amides is 2. The number of H-pyrrole nitrogens is 1. The molecule has 0 aliphatic carbocycles. The molecule has 0 fully saturated rings. The van der Waals surface area contributed by atoms with Gasteiger partial charge >= 0.3 is 0 Å². The Bertz CT molecular complexity index is 755. The van der Waals surface area contributed by atoms with E-state index >= 15 is 0 Å². The number of carbonyl (C=O) groups is 3. The zero-order valence-corrected chi connectivity index (χ0v) is 13.1. The van der Waals surface area contributed by atoms with Crippen molar-refractivity contribution < 1.29 is 23.5 Å². The van der Waals surface area contributed by atoms with Gasteiger partial charge in [-0.25, -0.2) is 4.39 Å². The fourth-order valence-corrected chi connectivity index (χ4v) is 1.79. The van der Waals surface area contributed by atoms with E-state index in [1.807, 2.05) is 0 Å². The summed E-state index contributed by atoms with van der Waals surface area (Å²) < 4.78 is 18.1. The third-order valence-electron chi connectivity index (χ3n) is 3.13. The molecular weight excluding hydrogens is 317 g/mol. The van der Waals surface area contributed by atoms with Crippen LogP contribution in [0.15, 0.2) is 36.5 Å². The van der Waals surface area contributed by atoms with E-state index in [0.717, 1.165) is 0 Å². The first kappa shape index (κ1) is 17.2. The summed E-state index contributed by atoms with van der Waals surface area (Å²) in [7, 11) is 0. The molecule has 0 bridgehead atoms. The lowest BCUT2D eigenvalue weighted by Crippen LogP contribution is -2.47. The lowest BCUT2D eigenvalue weighted by molar-refractivity contribution is -0.128. The highest BCUT2D eigenvalue weighted by atomic mass is 19.1. The van der Waals surface area contributed by atoms with Gasteiger partial charge in [0.15, 0.2) is 11.9 Å². The van der Waals surface area contributed by atoms with Gasteiger partial charge in [0.2, 0.25) is 0 Å². The van der Waals surface area contributed by atoms with Crippen LogP contribution in [0.2, 0.25) is 0 Å². The molecule has 8 heteroatoms. The van der Waals surface area contributed by atoms with Crippen LogP contribution in [0.25, 0.3) is 0 Å². The SMILES string of the molecule is CC(=O)c1c[nH]c(C(=O)NNC(=O)[C@@H](C)Oc2ccc(F)cc2)c1. The van der Waals surface area contributed by atoms with Gasteiger partial charge in [0.25, 0.3) is 11.8 Å². The van der Waals surface area contributed by atoms with Crippen LogP contribution < -0.4 is 15.6 Å². The third-order valence-corrected chi connectivity index (χ3v) is 3.13. The van der Waals surface area contributed by atoms with Crippen molar-refractivity contribution in [1.82, 2.24) is 15.8 Å². The molecule has 0 saturated carbocycles. The van der Waals surface area contributed by atoms with Gasteiger partial charge < -0.3 is 9.72 Å². The van der Waals surface area contributed by atoms with Crippen molar-refractivity contribution in [1.29, 1.82) is 0 Å². The monoisotopic (exact) mass is 333 g/mol. The van der Waals surface area contributed by atoms with Crippen LogP contribution >= 0.6 is 0 Å². The van der Waals surface area contributed by atoms with Crippen molar-refractivity contribution >= 4 is 17.6 Å². The molecule has 0 aliphatic rings. The Labute approximate surface area is 137 Å². The first-order valence-corrected chi connectivity index (χ1v) is 7.08. The standard InChI is InChI=1S/C16H16FN3O4/c1-9(21)11-7-14(18-8-11)16(23)20-19-15(22)10(2)24-13-5-3-12(17)4-6-13/h3-8,10,18H,1-2H3,(H,19,22)(H,20,23)/t10-/m1/s1. The summed E-state index contributed by atoms with van der Waals surface area (Å²) in [6, 6.07) is 6.57. The molecule has 0 saturated heterocycles. The van der Waals surface area contributed by atoms with Crippen molar-refractivity contribution in [2.24, 2.45) is 0 Å². The summed E-state index contributed by atoms with van der Waals surface area (Å²) >= 11 is 0. The Kier molecular flexibility index (Phi) is 5.31. The van der Waals surface area contributed by atoms with E-state index in [-0.39, 0.29) is 11.5 Å². The molecule has 0 aliphatic heterocycles. The lowest BCUT2D eigenvalue weighted by atomic mass is 10.2. The Balaban J connectivity index is 1.85. The van der Waals surface area contributed by atoms with Gasteiger partial charge in [-0.15, -0.1) is 0 Å². The van der Waals surface area contributed by atoms with Gasteiger partial charge in [-0.05, 0) is 44.2 Å². The first-order valence-electron chi connectivity index (χ1n) is 7.08. The topological polar surface area (TPSA) is 100 Å². The second kappa shape index (κ2) is 7.40. The summed E-state index contributed by atoms with van der Waals surface area (Å²) in [4.78, 5) is 37.5. The third kappa shape index (κ3) is 4.42. The molecule has 126 valence electrons. The zero-order chi connectivity index (χ0) is 17.7. The molecule has 1 heterocycles. The number of aromatic amines is 1. The summed E-state index contributed by atoms with van der Waals surface area (Å²) in [5.74, 6) is -1.48. The fraction of sp³-hybridized carbons (Fsp3) is 0.188. The molecule has 0 radical (unpaired) electrons. The van der Waals surface area contributed by atoms with E-state index in [1.54, 1.807) is 0 Å². The van der Waals surface area contributed by atoms with E-state index in [1.165, 1.54) is 50.4 Å². The number of ether oxygens (including phenoxy) is 1. The molecule has 1 aromatic carbocycles. The predicted octanol–water partition coefficient (Wildman–Crippen LogP) is 1.58. The van der Waals surface area contributed by atoms with Gasteiger partial charge in [0.05, 0.1) is 0 Å². The van der Waals surface area contributed by atoms with Crippen LogP contribution in [0.1, 0.15) is 34.7 Å². The number of aromatic nitrogens is 1. The van der Waals surface area contributed by atoms with Gasteiger partial charge in [0, 0.05) is 11.8 Å². The molecule has 0 spiro atoms. The molecule has 1 atom stereocenters. The Morgan fingerprint density at radius 1 is 1.17 bits per heavy atom. The van der Waals surface area contributed by atoms with Crippen molar-refractivity contribution in [3.05, 3.63) is 53.6 Å². The Hall–Kier alpha value is -3.16. The van der Waals surface area contributed by atoms with E-state index < -0.39 is 23.7 Å². The zero-order valence-electron chi connectivity index (χ0n) is 13.1. The van der Waals surface area contributed by atoms with Gasteiger partial charge in [-0.1, -0.05) is 0 Å². The fourth-order valence-electron chi connectivity index (χ4n) is 1.79. The summed E-state index contributed by atoms with van der Waals surface area (Å²) in [5, 5.41) is 0. The maximum atomic E-state index is 12.8. The first-order chi connectivity index (χ1) is 11.4. The maximum Gasteiger partial charge on any atom is 0.286 e. The van der Waals surface area contributed by atoms with E-state index in [0.29, 0.717) is 11.3 Å². The number of hydrogen-bond acceptors (Lipinski definition) is 4. The normalized spacial score (nSPS) is 11.5. The molecular formula is C16H16FN3O4. The van der Waals surface area contributed by atoms with Gasteiger partial charge in [-0.3, -0.25) is 25.2 Å². The minimum absolute atomic E-state index is 0.132. The van der Waals surface area contributed by atoms with E-state index in [2.05, 4.69) is 15.8 Å². The number of carbonyl (C=O) groups excluding carboxylic acids is 3. The molecule has 1 aromatic heterocycles.